The maximum Gasteiger partial charge on any atom is 0.252 e. The molecule has 22 rings (SSSR count). The quantitative estimate of drug-likeness (QED) is 0.114. The molecule has 2 aliphatic heterocycles. The van der Waals surface area contributed by atoms with Crippen LogP contribution in [0.1, 0.15) is 90.0 Å². The summed E-state index contributed by atoms with van der Waals surface area (Å²) in [6, 6.07) is 120. The number of aromatic nitrogens is 3. The van der Waals surface area contributed by atoms with Gasteiger partial charge in [-0.2, -0.15) is 0 Å². The Balaban J connectivity index is 0.927. The lowest BCUT2D eigenvalue weighted by Gasteiger charge is -2.46. The van der Waals surface area contributed by atoms with E-state index in [-0.39, 0.29) is 50.1 Å². The zero-order valence-corrected chi connectivity index (χ0v) is 69.1. The highest BCUT2D eigenvalue weighted by Crippen LogP contribution is 2.55. The lowest BCUT2D eigenvalue weighted by molar-refractivity contribution is 0.590. The number of rotatable bonds is 12. The van der Waals surface area contributed by atoms with Crippen molar-refractivity contribution in [1.29, 1.82) is 0 Å². The third-order valence-corrected chi connectivity index (χ3v) is 25.0. The van der Waals surface area contributed by atoms with Gasteiger partial charge in [0, 0.05) is 100 Å². The van der Waals surface area contributed by atoms with Crippen molar-refractivity contribution in [3.8, 4) is 61.6 Å². The molecule has 0 N–H and O–H groups in total. The van der Waals surface area contributed by atoms with Crippen LogP contribution in [0.15, 0.2) is 388 Å². The Morgan fingerprint density at radius 1 is 0.256 bits per heavy atom. The molecule has 17 aromatic carbocycles. The zero-order valence-electron chi connectivity index (χ0n) is 77.1. The molecule has 0 saturated heterocycles. The predicted octanol–water partition coefficient (Wildman–Crippen LogP) is 29.1. The summed E-state index contributed by atoms with van der Waals surface area (Å²) in [5.74, 6) is 0. The molecule has 2 aliphatic rings. The third kappa shape index (κ3) is 12.1. The molecule has 0 aliphatic carbocycles. The van der Waals surface area contributed by atoms with Gasteiger partial charge in [-0.1, -0.05) is 299 Å². The molecule has 7 heteroatoms. The lowest BCUT2D eigenvalue weighted by Crippen LogP contribution is -2.61. The van der Waals surface area contributed by atoms with Gasteiger partial charge in [0.25, 0.3) is 6.71 Å². The van der Waals surface area contributed by atoms with Gasteiger partial charge in [0.15, 0.2) is 0 Å². The van der Waals surface area contributed by atoms with Crippen molar-refractivity contribution in [2.24, 2.45) is 0 Å². The summed E-state index contributed by atoms with van der Waals surface area (Å²) in [6.45, 7) is 20.1. The Kier molecular flexibility index (Phi) is 15.0. The van der Waals surface area contributed by atoms with Gasteiger partial charge in [-0.25, -0.2) is 0 Å². The Morgan fingerprint density at radius 3 is 1.12 bits per heavy atom. The summed E-state index contributed by atoms with van der Waals surface area (Å²) in [6.07, 6.45) is 0. The first-order valence-electron chi connectivity index (χ1n) is 45.9. The molecule has 0 unspecified atom stereocenters. The Morgan fingerprint density at radius 2 is 0.645 bits per heavy atom. The summed E-state index contributed by atoms with van der Waals surface area (Å²) in [4.78, 5) is 7.40. The standard InChI is InChI=1S/C114H91BN6/c1-112(2,3)80-51-61-104-96(66-80)97-67-81(113(4,5)6)52-62-105(97)119(104)87-58-60-99-107(71-87)121(111-94(76-37-19-12-20-38-76)68-82(114(7,8)9)69-95(111)77-39-21-13-22-40-77)109-73-89(116(83-41-23-14-24-42-83)84-53-55-85(56-54-84)117-100-47-29-25-43-90(100)91-44-26-30-48-101(91)117)72-108-110(109)115(99)98-59-57-86(118-102-49-31-27-45-92(102)93-46-28-32-50-103(93)118)70-106(98)120(108)88-64-78(74-33-15-10-16-34-74)63-79(65-88)75-35-17-11-18-36-75/h10-73H,1-9H3/i27D,28D,31D,32D,45D,46D,49D,50D. The lowest BCUT2D eigenvalue weighted by atomic mass is 9.33. The number of hydrogen-bond donors (Lipinski definition) is 0. The first-order chi connectivity index (χ1) is 62.2. The molecule has 0 amide bonds. The highest BCUT2D eigenvalue weighted by Gasteiger charge is 2.46. The summed E-state index contributed by atoms with van der Waals surface area (Å²) in [5.41, 5.74) is 28.4. The van der Waals surface area contributed by atoms with Crippen LogP contribution in [-0.4, -0.2) is 20.4 Å². The predicted molar refractivity (Wildman–Crippen MR) is 516 cm³/mol. The second-order valence-corrected chi connectivity index (χ2v) is 35.5. The van der Waals surface area contributed by atoms with E-state index in [1.807, 2.05) is 18.2 Å². The molecule has 6 nitrogen and oxygen atoms in total. The van der Waals surface area contributed by atoms with Crippen LogP contribution >= 0.6 is 0 Å². The van der Waals surface area contributed by atoms with Gasteiger partial charge in [0.05, 0.1) is 55.4 Å². The number of fused-ring (bicyclic) bond motifs is 13. The molecule has 121 heavy (non-hydrogen) atoms. The molecular weight excluding hydrogens is 1460 g/mol. The minimum absolute atomic E-state index is 0.00529. The third-order valence-electron chi connectivity index (χ3n) is 25.0. The average Bonchev–Trinajstić information content (AvgIpc) is 1.68. The fourth-order valence-electron chi connectivity index (χ4n) is 19.1. The van der Waals surface area contributed by atoms with Gasteiger partial charge < -0.3 is 28.4 Å². The maximum atomic E-state index is 10.0. The molecule has 0 saturated carbocycles. The largest absolute Gasteiger partial charge is 0.311 e. The van der Waals surface area contributed by atoms with E-state index in [1.165, 1.54) is 21.9 Å². The summed E-state index contributed by atoms with van der Waals surface area (Å²) < 4.78 is 83.2. The molecule has 0 radical (unpaired) electrons. The topological polar surface area (TPSA) is 24.5 Å². The van der Waals surface area contributed by atoms with E-state index >= 15 is 0 Å². The van der Waals surface area contributed by atoms with E-state index in [9.17, 15) is 11.0 Å². The number of para-hydroxylation sites is 5. The first-order valence-corrected chi connectivity index (χ1v) is 41.9. The highest BCUT2D eigenvalue weighted by molar-refractivity contribution is 7.00. The SMILES string of the molecule is [2H]c1c([2H])c([2H])c2c(c1[2H])c1c([2H])c([2H])c([2H])c([2H])c1n2-c1ccc2c(c1)N(c1cc(-c3ccccc3)cc(-c3ccccc3)c1)c1cc(N(c3ccccc3)c3ccc(-n4c5ccccc5c5ccccc54)cc3)cc3c1B2c1ccc(-n2c4ccc(C(C)(C)C)cc4c4cc(C(C)(C)C)ccc42)cc1N3c1c(-c2ccccc2)cc(C(C)(C)C)cc1-c1ccccc1. The fraction of sp³-hybridized carbons (Fsp3) is 0.105. The number of benzene rings is 17. The van der Waals surface area contributed by atoms with Crippen molar-refractivity contribution in [3.63, 3.8) is 0 Å². The Hall–Kier alpha value is -14.4. The monoisotopic (exact) mass is 1560 g/mol. The minimum Gasteiger partial charge on any atom is -0.311 e. The molecule has 0 atom stereocenters. The van der Waals surface area contributed by atoms with Crippen LogP contribution in [0, 0.1) is 0 Å². The second-order valence-electron chi connectivity index (χ2n) is 35.5. The van der Waals surface area contributed by atoms with Crippen molar-refractivity contribution in [2.75, 3.05) is 14.7 Å². The minimum atomic E-state index is -0.588. The van der Waals surface area contributed by atoms with Crippen LogP contribution in [0.2, 0.25) is 0 Å². The van der Waals surface area contributed by atoms with Crippen molar-refractivity contribution in [2.45, 2.75) is 78.6 Å². The Bertz CT molecular complexity index is 7710. The van der Waals surface area contributed by atoms with E-state index in [0.29, 0.717) is 5.69 Å². The first kappa shape index (κ1) is 64.7. The maximum absolute atomic E-state index is 10.0. The van der Waals surface area contributed by atoms with Gasteiger partial charge >= 0.3 is 0 Å². The molecule has 580 valence electrons. The number of anilines is 9. The molecule has 0 bridgehead atoms. The van der Waals surface area contributed by atoms with E-state index in [2.05, 4.69) is 408 Å². The van der Waals surface area contributed by atoms with E-state index in [0.717, 1.165) is 162 Å². The van der Waals surface area contributed by atoms with Gasteiger partial charge in [0.2, 0.25) is 0 Å². The molecular formula is C114H91BN6. The van der Waals surface area contributed by atoms with Crippen molar-refractivity contribution < 1.29 is 11.0 Å². The summed E-state index contributed by atoms with van der Waals surface area (Å²) >= 11 is 0. The van der Waals surface area contributed by atoms with Crippen molar-refractivity contribution in [1.82, 2.24) is 13.7 Å². The Labute approximate surface area is 719 Å². The molecule has 20 aromatic rings. The van der Waals surface area contributed by atoms with Crippen LogP contribution in [0.4, 0.5) is 51.2 Å². The zero-order chi connectivity index (χ0) is 88.7. The van der Waals surface area contributed by atoms with Crippen LogP contribution in [0.5, 0.6) is 0 Å². The van der Waals surface area contributed by atoms with Crippen LogP contribution < -0.4 is 31.1 Å². The van der Waals surface area contributed by atoms with Crippen LogP contribution in [-0.2, 0) is 16.2 Å². The van der Waals surface area contributed by atoms with Gasteiger partial charge in [-0.3, -0.25) is 0 Å². The van der Waals surface area contributed by atoms with E-state index < -0.39 is 43.0 Å². The second kappa shape index (κ2) is 28.2. The number of nitrogens with zero attached hydrogens (tertiary/aromatic N) is 6. The van der Waals surface area contributed by atoms with E-state index in [1.54, 1.807) is 4.57 Å². The van der Waals surface area contributed by atoms with Crippen LogP contribution in [0.25, 0.3) is 127 Å². The highest BCUT2D eigenvalue weighted by atomic mass is 15.2. The van der Waals surface area contributed by atoms with Gasteiger partial charge in [0.1, 0.15) is 0 Å². The normalized spacial score (nSPS) is 13.7. The average molecular weight is 1560 g/mol. The van der Waals surface area contributed by atoms with Crippen molar-refractivity contribution >= 4 is 140 Å². The smallest absolute Gasteiger partial charge is 0.252 e. The fourth-order valence-corrected chi connectivity index (χ4v) is 19.1. The van der Waals surface area contributed by atoms with Crippen LogP contribution in [0.3, 0.4) is 0 Å². The van der Waals surface area contributed by atoms with E-state index in [4.69, 9.17) is 0 Å². The summed E-state index contributed by atoms with van der Waals surface area (Å²) in [5, 5.41) is 4.65. The molecule has 0 fully saturated rings. The molecule has 5 heterocycles. The number of hydrogen-bond acceptors (Lipinski definition) is 3. The van der Waals surface area contributed by atoms with Gasteiger partial charge in [-0.05, 0) is 234 Å². The van der Waals surface area contributed by atoms with Gasteiger partial charge in [-0.15, -0.1) is 0 Å². The summed E-state index contributed by atoms with van der Waals surface area (Å²) in [7, 11) is 0. The molecule has 0 spiro atoms. The van der Waals surface area contributed by atoms with Crippen molar-refractivity contribution in [3.05, 3.63) is 405 Å². The molecule has 3 aromatic heterocycles.